The lowest BCUT2D eigenvalue weighted by Crippen LogP contribution is -2.35. The third-order valence-electron chi connectivity index (χ3n) is 3.88. The van der Waals surface area contributed by atoms with E-state index in [-0.39, 0.29) is 17.5 Å². The predicted octanol–water partition coefficient (Wildman–Crippen LogP) is 2.64. The first-order valence-electron chi connectivity index (χ1n) is 7.37. The van der Waals surface area contributed by atoms with Crippen molar-refractivity contribution in [3.8, 4) is 11.5 Å². The lowest BCUT2D eigenvalue weighted by Gasteiger charge is -2.30. The molecule has 1 aliphatic rings. The average molecular weight is 301 g/mol. The van der Waals surface area contributed by atoms with Gasteiger partial charge in [-0.3, -0.25) is 4.68 Å². The Morgan fingerprint density at radius 3 is 2.82 bits per heavy atom. The largest absolute Gasteiger partial charge is 0.476 e. The Hall–Kier alpha value is -2.34. The van der Waals surface area contributed by atoms with E-state index >= 15 is 0 Å². The molecule has 0 radical (unpaired) electrons. The Bertz CT molecular complexity index is 654. The number of carbonyl (C=O) groups is 1. The van der Waals surface area contributed by atoms with Gasteiger partial charge in [0.1, 0.15) is 5.75 Å². The molecule has 3 rings (SSSR count). The van der Waals surface area contributed by atoms with Gasteiger partial charge in [0, 0.05) is 6.54 Å². The van der Waals surface area contributed by atoms with Gasteiger partial charge >= 0.3 is 5.97 Å². The maximum atomic E-state index is 11.7. The van der Waals surface area contributed by atoms with Gasteiger partial charge < -0.3 is 14.7 Å². The molecule has 1 aromatic heterocycles. The fraction of sp³-hybridized carbons (Fsp3) is 0.375. The Kier molecular flexibility index (Phi) is 4.11. The van der Waals surface area contributed by atoms with Crippen LogP contribution in [0.4, 0.5) is 0 Å². The number of aromatic carboxylic acids is 1. The smallest absolute Gasteiger partial charge is 0.358 e. The van der Waals surface area contributed by atoms with Crippen molar-refractivity contribution < 1.29 is 14.6 Å². The number of hydrogen-bond acceptors (Lipinski definition) is 4. The summed E-state index contributed by atoms with van der Waals surface area (Å²) >= 11 is 0. The molecule has 1 atom stereocenters. The van der Waals surface area contributed by atoms with Crippen molar-refractivity contribution >= 4 is 5.97 Å². The number of benzene rings is 1. The maximum Gasteiger partial charge on any atom is 0.358 e. The summed E-state index contributed by atoms with van der Waals surface area (Å²) in [7, 11) is 2.04. The molecule has 2 aromatic rings. The molecule has 0 bridgehead atoms. The van der Waals surface area contributed by atoms with Crippen LogP contribution in [0.2, 0.25) is 0 Å². The Morgan fingerprint density at radius 2 is 2.14 bits per heavy atom. The van der Waals surface area contributed by atoms with E-state index in [1.165, 1.54) is 6.20 Å². The van der Waals surface area contributed by atoms with Gasteiger partial charge in [-0.05, 0) is 38.6 Å². The molecule has 2 heterocycles. The van der Waals surface area contributed by atoms with Crippen molar-refractivity contribution in [3.63, 3.8) is 0 Å². The Balaban J connectivity index is 1.90. The fourth-order valence-corrected chi connectivity index (χ4v) is 2.86. The average Bonchev–Trinajstić information content (AvgIpc) is 2.92. The molecule has 1 fully saturated rings. The van der Waals surface area contributed by atoms with Crippen LogP contribution in [-0.4, -0.2) is 45.9 Å². The van der Waals surface area contributed by atoms with E-state index in [4.69, 9.17) is 4.74 Å². The molecule has 22 heavy (non-hydrogen) atoms. The first-order valence-corrected chi connectivity index (χ1v) is 7.37. The molecule has 1 unspecified atom stereocenters. The van der Waals surface area contributed by atoms with Crippen LogP contribution in [-0.2, 0) is 0 Å². The lowest BCUT2D eigenvalue weighted by atomic mass is 10.1. The van der Waals surface area contributed by atoms with Crippen LogP contribution in [0.5, 0.6) is 11.5 Å². The van der Waals surface area contributed by atoms with Crippen molar-refractivity contribution in [3.05, 3.63) is 42.2 Å². The summed E-state index contributed by atoms with van der Waals surface area (Å²) < 4.78 is 7.28. The van der Waals surface area contributed by atoms with Crippen molar-refractivity contribution in [2.45, 2.75) is 18.9 Å². The van der Waals surface area contributed by atoms with E-state index in [2.05, 4.69) is 10.00 Å². The summed E-state index contributed by atoms with van der Waals surface area (Å²) in [6, 6.07) is 9.21. The molecule has 0 amide bonds. The van der Waals surface area contributed by atoms with Crippen LogP contribution < -0.4 is 4.74 Å². The minimum atomic E-state index is -1.02. The molecule has 1 saturated heterocycles. The molecular weight excluding hydrogens is 282 g/mol. The normalized spacial score (nSPS) is 19.0. The third-order valence-corrected chi connectivity index (χ3v) is 3.88. The van der Waals surface area contributed by atoms with Gasteiger partial charge in [-0.1, -0.05) is 18.2 Å². The standard InChI is InChI=1S/C16H19N3O3/c1-18-9-5-6-12(11-18)19-15(16(20)21)14(10-17-19)22-13-7-3-2-4-8-13/h2-4,7-8,10,12H,5-6,9,11H2,1H3,(H,20,21). The second-order valence-corrected chi connectivity index (χ2v) is 5.58. The van der Waals surface area contributed by atoms with E-state index in [9.17, 15) is 9.90 Å². The van der Waals surface area contributed by atoms with Gasteiger partial charge in [-0.25, -0.2) is 4.79 Å². The van der Waals surface area contributed by atoms with Crippen LogP contribution in [0.1, 0.15) is 29.4 Å². The second kappa shape index (κ2) is 6.19. The van der Waals surface area contributed by atoms with Gasteiger partial charge in [0.05, 0.1) is 12.2 Å². The SMILES string of the molecule is CN1CCCC(n2ncc(Oc3ccccc3)c2C(=O)O)C1. The van der Waals surface area contributed by atoms with E-state index in [0.717, 1.165) is 25.9 Å². The summed E-state index contributed by atoms with van der Waals surface area (Å²) in [6.45, 7) is 1.83. The monoisotopic (exact) mass is 301 g/mol. The highest BCUT2D eigenvalue weighted by Gasteiger charge is 2.27. The summed E-state index contributed by atoms with van der Waals surface area (Å²) in [6.07, 6.45) is 3.46. The number of rotatable bonds is 4. The van der Waals surface area contributed by atoms with Gasteiger partial charge in [0.15, 0.2) is 11.4 Å². The van der Waals surface area contributed by atoms with Gasteiger partial charge in [0.25, 0.3) is 0 Å². The lowest BCUT2D eigenvalue weighted by molar-refractivity contribution is 0.0671. The van der Waals surface area contributed by atoms with Gasteiger partial charge in [0.2, 0.25) is 0 Å². The van der Waals surface area contributed by atoms with Gasteiger partial charge in [-0.2, -0.15) is 5.10 Å². The third kappa shape index (κ3) is 2.96. The van der Waals surface area contributed by atoms with Crippen LogP contribution in [0.25, 0.3) is 0 Å². The van der Waals surface area contributed by atoms with Crippen LogP contribution >= 0.6 is 0 Å². The molecular formula is C16H19N3O3. The van der Waals surface area contributed by atoms with E-state index in [1.54, 1.807) is 16.8 Å². The number of carboxylic acids is 1. The molecule has 0 saturated carbocycles. The zero-order valence-corrected chi connectivity index (χ0v) is 12.5. The molecule has 1 aliphatic heterocycles. The molecule has 1 aromatic carbocycles. The number of nitrogens with zero attached hydrogens (tertiary/aromatic N) is 3. The zero-order valence-electron chi connectivity index (χ0n) is 12.5. The Morgan fingerprint density at radius 1 is 1.36 bits per heavy atom. The van der Waals surface area contributed by atoms with E-state index in [1.807, 2.05) is 25.2 Å². The second-order valence-electron chi connectivity index (χ2n) is 5.58. The highest BCUT2D eigenvalue weighted by atomic mass is 16.5. The van der Waals surface area contributed by atoms with Crippen LogP contribution in [0.3, 0.4) is 0 Å². The molecule has 1 N–H and O–H groups in total. The number of para-hydroxylation sites is 1. The number of likely N-dealkylation sites (tertiary alicyclic amines) is 1. The summed E-state index contributed by atoms with van der Waals surface area (Å²) in [5.41, 5.74) is 0.115. The topological polar surface area (TPSA) is 67.6 Å². The fourth-order valence-electron chi connectivity index (χ4n) is 2.86. The number of piperidine rings is 1. The highest BCUT2D eigenvalue weighted by Crippen LogP contribution is 2.29. The molecule has 116 valence electrons. The number of ether oxygens (including phenoxy) is 1. The van der Waals surface area contributed by atoms with Crippen molar-refractivity contribution in [1.82, 2.24) is 14.7 Å². The number of aromatic nitrogens is 2. The maximum absolute atomic E-state index is 11.7. The number of likely N-dealkylation sites (N-methyl/N-ethyl adjacent to an activating group) is 1. The molecule has 0 spiro atoms. The first-order chi connectivity index (χ1) is 10.6. The zero-order chi connectivity index (χ0) is 15.5. The van der Waals surface area contributed by atoms with Crippen LogP contribution in [0, 0.1) is 0 Å². The van der Waals surface area contributed by atoms with Gasteiger partial charge in [-0.15, -0.1) is 0 Å². The van der Waals surface area contributed by atoms with Crippen molar-refractivity contribution in [2.24, 2.45) is 0 Å². The number of carboxylic acid groups (broad SMARTS) is 1. The van der Waals surface area contributed by atoms with Crippen molar-refractivity contribution in [1.29, 1.82) is 0 Å². The molecule has 6 heteroatoms. The predicted molar refractivity (Wildman–Crippen MR) is 81.5 cm³/mol. The minimum absolute atomic E-state index is 0.0676. The molecule has 0 aliphatic carbocycles. The summed E-state index contributed by atoms with van der Waals surface area (Å²) in [5.74, 6) is -0.131. The van der Waals surface area contributed by atoms with Crippen molar-refractivity contribution in [2.75, 3.05) is 20.1 Å². The highest BCUT2D eigenvalue weighted by molar-refractivity contribution is 5.89. The Labute approximate surface area is 128 Å². The molecule has 6 nitrogen and oxygen atoms in total. The summed E-state index contributed by atoms with van der Waals surface area (Å²) in [5, 5.41) is 13.8. The van der Waals surface area contributed by atoms with E-state index in [0.29, 0.717) is 5.75 Å². The van der Waals surface area contributed by atoms with Crippen LogP contribution in [0.15, 0.2) is 36.5 Å². The minimum Gasteiger partial charge on any atom is -0.476 e. The quantitative estimate of drug-likeness (QED) is 0.940. The summed E-state index contributed by atoms with van der Waals surface area (Å²) in [4.78, 5) is 13.9. The number of hydrogen-bond donors (Lipinski definition) is 1. The van der Waals surface area contributed by atoms with E-state index < -0.39 is 5.97 Å². The first kappa shape index (κ1) is 14.6.